The molecule has 0 aliphatic heterocycles. The number of nitrogens with one attached hydrogen (secondary N) is 1. The van der Waals surface area contributed by atoms with Crippen molar-refractivity contribution >= 4 is 17.2 Å². The molecule has 2 aromatic rings. The number of aryl methyl sites for hydroxylation is 1. The quantitative estimate of drug-likeness (QED) is 0.650. The summed E-state index contributed by atoms with van der Waals surface area (Å²) in [6.45, 7) is 2.09. The fraction of sp³-hybridized carbons (Fsp3) is 0.286. The summed E-state index contributed by atoms with van der Waals surface area (Å²) < 4.78 is 5.22. The van der Waals surface area contributed by atoms with Gasteiger partial charge in [0.1, 0.15) is 16.6 Å². The van der Waals surface area contributed by atoms with Gasteiger partial charge in [0.2, 0.25) is 0 Å². The van der Waals surface area contributed by atoms with Gasteiger partial charge in [-0.3, -0.25) is 5.41 Å². The summed E-state index contributed by atoms with van der Waals surface area (Å²) in [5.74, 6) is 0.893. The normalized spacial score (nSPS) is 10.4. The van der Waals surface area contributed by atoms with Gasteiger partial charge in [-0.05, 0) is 18.6 Å². The van der Waals surface area contributed by atoms with Crippen LogP contribution in [0.25, 0.3) is 10.6 Å². The second-order valence-electron chi connectivity index (χ2n) is 4.19. The van der Waals surface area contributed by atoms with Crippen LogP contribution < -0.4 is 10.5 Å². The molecule has 0 atom stereocenters. The Balaban J connectivity index is 2.44. The van der Waals surface area contributed by atoms with E-state index < -0.39 is 0 Å². The average Bonchev–Trinajstić information content (AvgIpc) is 2.83. The minimum Gasteiger partial charge on any atom is -0.497 e. The van der Waals surface area contributed by atoms with Crippen molar-refractivity contribution in [3.05, 3.63) is 34.8 Å². The maximum Gasteiger partial charge on any atom is 0.135 e. The van der Waals surface area contributed by atoms with Gasteiger partial charge in [-0.15, -0.1) is 11.3 Å². The lowest BCUT2D eigenvalue weighted by Gasteiger charge is -2.01. The molecule has 0 saturated carbocycles. The van der Waals surface area contributed by atoms with Crippen molar-refractivity contribution in [3.8, 4) is 16.3 Å². The van der Waals surface area contributed by atoms with E-state index in [1.165, 1.54) is 11.3 Å². The molecule has 3 N–H and O–H groups in total. The van der Waals surface area contributed by atoms with Crippen molar-refractivity contribution < 1.29 is 4.74 Å². The molecule has 1 aromatic heterocycles. The molecular weight excluding hydrogens is 258 g/mol. The molecule has 2 rings (SSSR count). The first-order chi connectivity index (χ1) is 9.15. The lowest BCUT2D eigenvalue weighted by molar-refractivity contribution is 0.415. The fourth-order valence-corrected chi connectivity index (χ4v) is 2.82. The Kier molecular flexibility index (Phi) is 4.16. The first-order valence-corrected chi connectivity index (χ1v) is 6.96. The second-order valence-corrected chi connectivity index (χ2v) is 5.19. The Bertz CT molecular complexity index is 592. The van der Waals surface area contributed by atoms with Crippen molar-refractivity contribution in [2.75, 3.05) is 7.11 Å². The summed E-state index contributed by atoms with van der Waals surface area (Å²) in [5.41, 5.74) is 7.53. The van der Waals surface area contributed by atoms with Gasteiger partial charge in [0, 0.05) is 5.56 Å². The van der Waals surface area contributed by atoms with Crippen LogP contribution >= 0.6 is 11.3 Å². The van der Waals surface area contributed by atoms with Crippen LogP contribution in [0, 0.1) is 5.41 Å². The Morgan fingerprint density at radius 3 is 2.89 bits per heavy atom. The van der Waals surface area contributed by atoms with E-state index in [4.69, 9.17) is 15.9 Å². The largest absolute Gasteiger partial charge is 0.497 e. The number of nitrogens with zero attached hydrogens (tertiary/aromatic N) is 1. The molecule has 0 radical (unpaired) electrons. The van der Waals surface area contributed by atoms with Gasteiger partial charge in [-0.2, -0.15) is 0 Å². The van der Waals surface area contributed by atoms with Gasteiger partial charge in [-0.25, -0.2) is 4.98 Å². The number of hydrogen-bond donors (Lipinski definition) is 2. The molecule has 0 fully saturated rings. The van der Waals surface area contributed by atoms with E-state index >= 15 is 0 Å². The lowest BCUT2D eigenvalue weighted by Crippen LogP contribution is -2.11. The first kappa shape index (κ1) is 13.5. The van der Waals surface area contributed by atoms with Gasteiger partial charge in [0.15, 0.2) is 0 Å². The third-order valence-corrected chi connectivity index (χ3v) is 3.93. The summed E-state index contributed by atoms with van der Waals surface area (Å²) in [4.78, 5) is 5.39. The number of ether oxygens (including phenoxy) is 1. The zero-order valence-electron chi connectivity index (χ0n) is 11.1. The molecule has 0 aliphatic rings. The number of nitrogens with two attached hydrogens (primary N) is 1. The Morgan fingerprint density at radius 1 is 1.47 bits per heavy atom. The first-order valence-electron chi connectivity index (χ1n) is 6.14. The number of nitrogen functional groups attached to an aromatic ring is 1. The van der Waals surface area contributed by atoms with Crippen LogP contribution in [-0.4, -0.2) is 17.9 Å². The molecule has 4 nitrogen and oxygen atoms in total. The molecule has 0 bridgehead atoms. The molecule has 1 aromatic carbocycles. The Morgan fingerprint density at radius 2 is 2.26 bits per heavy atom. The molecule has 5 heteroatoms. The number of rotatable bonds is 5. The van der Waals surface area contributed by atoms with Crippen LogP contribution in [0.1, 0.15) is 23.9 Å². The standard InChI is InChI=1S/C14H17N3OS/c1-3-5-11-12(13(15)16)19-14(17-11)9-6-4-7-10(8-9)18-2/h4,6-8H,3,5H2,1-2H3,(H3,15,16). The van der Waals surface area contributed by atoms with Crippen LogP contribution in [0.4, 0.5) is 0 Å². The van der Waals surface area contributed by atoms with Crippen LogP contribution in [0.15, 0.2) is 24.3 Å². The third-order valence-electron chi connectivity index (χ3n) is 2.75. The van der Waals surface area contributed by atoms with Crippen LogP contribution in [0.2, 0.25) is 0 Å². The number of thiazole rings is 1. The highest BCUT2D eigenvalue weighted by molar-refractivity contribution is 7.17. The zero-order valence-corrected chi connectivity index (χ0v) is 11.9. The van der Waals surface area contributed by atoms with Crippen molar-refractivity contribution in [1.82, 2.24) is 4.98 Å². The summed E-state index contributed by atoms with van der Waals surface area (Å²) in [6, 6.07) is 7.76. The molecule has 100 valence electrons. The minimum absolute atomic E-state index is 0.0927. The number of hydrogen-bond acceptors (Lipinski definition) is 4. The van der Waals surface area contributed by atoms with Gasteiger partial charge in [-0.1, -0.05) is 25.5 Å². The number of methoxy groups -OCH3 is 1. The highest BCUT2D eigenvalue weighted by atomic mass is 32.1. The predicted octanol–water partition coefficient (Wildman–Crippen LogP) is 3.06. The topological polar surface area (TPSA) is 72.0 Å². The van der Waals surface area contributed by atoms with Crippen molar-refractivity contribution in [2.45, 2.75) is 19.8 Å². The van der Waals surface area contributed by atoms with Gasteiger partial charge >= 0.3 is 0 Å². The van der Waals surface area contributed by atoms with E-state index in [0.29, 0.717) is 0 Å². The molecule has 19 heavy (non-hydrogen) atoms. The molecule has 0 aliphatic carbocycles. The molecule has 0 unspecified atom stereocenters. The molecular formula is C14H17N3OS. The highest BCUT2D eigenvalue weighted by Crippen LogP contribution is 2.30. The van der Waals surface area contributed by atoms with Crippen molar-refractivity contribution in [1.29, 1.82) is 5.41 Å². The van der Waals surface area contributed by atoms with E-state index in [9.17, 15) is 0 Å². The molecule has 1 heterocycles. The number of amidine groups is 1. The Labute approximate surface area is 116 Å². The van der Waals surface area contributed by atoms with E-state index in [-0.39, 0.29) is 5.84 Å². The maximum absolute atomic E-state index is 7.63. The van der Waals surface area contributed by atoms with Gasteiger partial charge < -0.3 is 10.5 Å². The highest BCUT2D eigenvalue weighted by Gasteiger charge is 2.14. The lowest BCUT2D eigenvalue weighted by atomic mass is 10.2. The van der Waals surface area contributed by atoms with Crippen LogP contribution in [-0.2, 0) is 6.42 Å². The average molecular weight is 275 g/mol. The third kappa shape index (κ3) is 2.93. The summed E-state index contributed by atoms with van der Waals surface area (Å²) in [6.07, 6.45) is 1.83. The van der Waals surface area contributed by atoms with Crippen molar-refractivity contribution in [2.24, 2.45) is 5.73 Å². The summed E-state index contributed by atoms with van der Waals surface area (Å²) >= 11 is 1.46. The van der Waals surface area contributed by atoms with Crippen molar-refractivity contribution in [3.63, 3.8) is 0 Å². The zero-order chi connectivity index (χ0) is 13.8. The minimum atomic E-state index is 0.0927. The maximum atomic E-state index is 7.63. The Hall–Kier alpha value is -1.88. The fourth-order valence-electron chi connectivity index (χ4n) is 1.85. The molecule has 0 amide bonds. The second kappa shape index (κ2) is 5.84. The van der Waals surface area contributed by atoms with E-state index in [1.807, 2.05) is 24.3 Å². The number of benzene rings is 1. The molecule has 0 saturated heterocycles. The van der Waals surface area contributed by atoms with Crippen LogP contribution in [0.5, 0.6) is 5.75 Å². The van der Waals surface area contributed by atoms with Gasteiger partial charge in [0.25, 0.3) is 0 Å². The monoisotopic (exact) mass is 275 g/mol. The van der Waals surface area contributed by atoms with Gasteiger partial charge in [0.05, 0.1) is 17.7 Å². The SMILES string of the molecule is CCCc1nc(-c2cccc(OC)c2)sc1C(=N)N. The van der Waals surface area contributed by atoms with E-state index in [2.05, 4.69) is 11.9 Å². The van der Waals surface area contributed by atoms with E-state index in [0.717, 1.165) is 39.7 Å². The predicted molar refractivity (Wildman–Crippen MR) is 79.1 cm³/mol. The van der Waals surface area contributed by atoms with Crippen LogP contribution in [0.3, 0.4) is 0 Å². The summed E-state index contributed by atoms with van der Waals surface area (Å²) in [7, 11) is 1.64. The smallest absolute Gasteiger partial charge is 0.135 e. The summed E-state index contributed by atoms with van der Waals surface area (Å²) in [5, 5.41) is 8.51. The molecule has 0 spiro atoms. The van der Waals surface area contributed by atoms with E-state index in [1.54, 1.807) is 7.11 Å². The number of aromatic nitrogens is 1.